The van der Waals surface area contributed by atoms with Crippen molar-refractivity contribution in [2.45, 2.75) is 19.3 Å². The third-order valence-corrected chi connectivity index (χ3v) is 5.75. The first-order valence-corrected chi connectivity index (χ1v) is 8.39. The number of fused-ring (bicyclic) bond motifs is 3. The van der Waals surface area contributed by atoms with Crippen LogP contribution in [0.4, 0.5) is 5.69 Å². The maximum Gasteiger partial charge on any atom is 0.0979 e. The highest BCUT2D eigenvalue weighted by Crippen LogP contribution is 2.39. The van der Waals surface area contributed by atoms with Gasteiger partial charge in [0.1, 0.15) is 0 Å². The molecule has 0 atom stereocenters. The van der Waals surface area contributed by atoms with Gasteiger partial charge in [-0.3, -0.25) is 0 Å². The van der Waals surface area contributed by atoms with Crippen LogP contribution in [0.25, 0.3) is 11.3 Å². The van der Waals surface area contributed by atoms with E-state index in [2.05, 4.69) is 23.6 Å². The average Bonchev–Trinajstić information content (AvgIpc) is 3.06. The van der Waals surface area contributed by atoms with E-state index in [9.17, 15) is 0 Å². The molecule has 0 bridgehead atoms. The number of hydrogen-bond acceptors (Lipinski definition) is 4. The van der Waals surface area contributed by atoms with Crippen molar-refractivity contribution in [3.8, 4) is 11.3 Å². The Morgan fingerprint density at radius 1 is 1.05 bits per heavy atom. The van der Waals surface area contributed by atoms with Gasteiger partial charge in [-0.05, 0) is 42.0 Å². The molecule has 2 N–H and O–H groups in total. The molecule has 2 heterocycles. The normalized spacial score (nSPS) is 13.0. The Morgan fingerprint density at radius 2 is 1.85 bits per heavy atom. The largest absolute Gasteiger partial charge is 0.399 e. The Bertz CT molecular complexity index is 753. The summed E-state index contributed by atoms with van der Waals surface area (Å²) in [5.74, 6) is 0. The average molecular weight is 298 g/mol. The summed E-state index contributed by atoms with van der Waals surface area (Å²) in [5, 5.41) is 3.39. The number of benzene rings is 1. The van der Waals surface area contributed by atoms with Crippen LogP contribution in [0.15, 0.2) is 35.7 Å². The molecule has 0 fully saturated rings. The van der Waals surface area contributed by atoms with Crippen molar-refractivity contribution in [3.63, 3.8) is 0 Å². The van der Waals surface area contributed by atoms with Crippen LogP contribution in [0, 0.1) is 0 Å². The number of aromatic nitrogens is 1. The number of thiazole rings is 1. The van der Waals surface area contributed by atoms with E-state index in [0.29, 0.717) is 0 Å². The van der Waals surface area contributed by atoms with Crippen LogP contribution < -0.4 is 5.73 Å². The molecule has 4 heteroatoms. The molecule has 0 saturated heterocycles. The highest BCUT2D eigenvalue weighted by Gasteiger charge is 2.21. The van der Waals surface area contributed by atoms with Gasteiger partial charge in [0.15, 0.2) is 0 Å². The zero-order chi connectivity index (χ0) is 13.5. The summed E-state index contributed by atoms with van der Waals surface area (Å²) >= 11 is 3.72. The number of anilines is 1. The molecule has 0 radical (unpaired) electrons. The summed E-state index contributed by atoms with van der Waals surface area (Å²) in [5.41, 5.74) is 10.4. The zero-order valence-electron chi connectivity index (χ0n) is 10.9. The van der Waals surface area contributed by atoms with Crippen molar-refractivity contribution < 1.29 is 0 Å². The molecule has 2 aromatic heterocycles. The second-order valence-corrected chi connectivity index (χ2v) is 7.22. The molecular weight excluding hydrogens is 284 g/mol. The van der Waals surface area contributed by atoms with E-state index >= 15 is 0 Å². The van der Waals surface area contributed by atoms with Gasteiger partial charge in [-0.1, -0.05) is 12.1 Å². The Hall–Kier alpha value is -1.65. The first-order valence-electron chi connectivity index (χ1n) is 6.69. The number of nitrogens with two attached hydrogens (primary N) is 1. The van der Waals surface area contributed by atoms with Gasteiger partial charge in [-0.25, -0.2) is 4.98 Å². The minimum Gasteiger partial charge on any atom is -0.399 e. The Kier molecular flexibility index (Phi) is 2.86. The summed E-state index contributed by atoms with van der Waals surface area (Å²) in [7, 11) is 0. The van der Waals surface area contributed by atoms with E-state index in [-0.39, 0.29) is 0 Å². The number of rotatable bonds is 2. The number of aryl methyl sites for hydroxylation is 2. The van der Waals surface area contributed by atoms with Crippen molar-refractivity contribution in [2.75, 3.05) is 5.73 Å². The van der Waals surface area contributed by atoms with Gasteiger partial charge >= 0.3 is 0 Å². The first kappa shape index (κ1) is 12.1. The molecule has 1 aliphatic rings. The molecule has 20 heavy (non-hydrogen) atoms. The van der Waals surface area contributed by atoms with Crippen LogP contribution in [0.3, 0.4) is 0 Å². The van der Waals surface area contributed by atoms with Gasteiger partial charge in [-0.15, -0.1) is 22.7 Å². The minimum atomic E-state index is 0.815. The van der Waals surface area contributed by atoms with E-state index in [4.69, 9.17) is 10.7 Å². The molecule has 100 valence electrons. The topological polar surface area (TPSA) is 38.9 Å². The molecule has 0 unspecified atom stereocenters. The lowest BCUT2D eigenvalue weighted by Crippen LogP contribution is -1.97. The third-order valence-electron chi connectivity index (χ3n) is 3.66. The zero-order valence-corrected chi connectivity index (χ0v) is 12.6. The number of thiophene rings is 1. The van der Waals surface area contributed by atoms with Crippen molar-refractivity contribution in [2.24, 2.45) is 0 Å². The fraction of sp³-hybridized carbons (Fsp3) is 0.188. The SMILES string of the molecule is Nc1ccc(Cc2nc3c(s2)CCc2sccc2-3)cc1. The lowest BCUT2D eigenvalue weighted by Gasteiger charge is -2.09. The maximum atomic E-state index is 5.73. The van der Waals surface area contributed by atoms with E-state index in [1.807, 2.05) is 34.8 Å². The molecule has 0 saturated carbocycles. The van der Waals surface area contributed by atoms with Gasteiger partial charge in [-0.2, -0.15) is 0 Å². The van der Waals surface area contributed by atoms with Crippen molar-refractivity contribution in [1.82, 2.24) is 4.98 Å². The fourth-order valence-electron chi connectivity index (χ4n) is 2.64. The summed E-state index contributed by atoms with van der Waals surface area (Å²) in [6, 6.07) is 10.3. The number of nitrogen functional groups attached to an aromatic ring is 1. The number of nitrogens with zero attached hydrogens (tertiary/aromatic N) is 1. The molecule has 3 aromatic rings. The highest BCUT2D eigenvalue weighted by atomic mass is 32.1. The predicted molar refractivity (Wildman–Crippen MR) is 86.5 cm³/mol. The summed E-state index contributed by atoms with van der Waals surface area (Å²) < 4.78 is 0. The molecule has 1 aliphatic carbocycles. The van der Waals surface area contributed by atoms with E-state index < -0.39 is 0 Å². The smallest absolute Gasteiger partial charge is 0.0979 e. The molecule has 0 spiro atoms. The maximum absolute atomic E-state index is 5.73. The van der Waals surface area contributed by atoms with Crippen LogP contribution in [0.2, 0.25) is 0 Å². The Balaban J connectivity index is 1.67. The molecule has 1 aromatic carbocycles. The van der Waals surface area contributed by atoms with Crippen LogP contribution in [0.1, 0.15) is 20.3 Å². The van der Waals surface area contributed by atoms with Gasteiger partial charge in [0.2, 0.25) is 0 Å². The summed E-state index contributed by atoms with van der Waals surface area (Å²) in [4.78, 5) is 7.81. The lowest BCUT2D eigenvalue weighted by molar-refractivity contribution is 0.976. The van der Waals surface area contributed by atoms with Gasteiger partial charge in [0.05, 0.1) is 10.7 Å². The van der Waals surface area contributed by atoms with E-state index in [1.165, 1.54) is 38.0 Å². The first-order chi connectivity index (χ1) is 9.79. The van der Waals surface area contributed by atoms with Crippen LogP contribution in [0.5, 0.6) is 0 Å². The predicted octanol–water partition coefficient (Wildman–Crippen LogP) is 4.14. The standard InChI is InChI=1S/C16H14N2S2/c17-11-3-1-10(2-4-11)9-15-18-16-12-7-8-19-13(12)5-6-14(16)20-15/h1-4,7-8H,5-6,9,17H2. The van der Waals surface area contributed by atoms with Crippen molar-refractivity contribution in [3.05, 3.63) is 56.0 Å². The second-order valence-electron chi connectivity index (χ2n) is 5.06. The van der Waals surface area contributed by atoms with Crippen LogP contribution in [-0.4, -0.2) is 4.98 Å². The minimum absolute atomic E-state index is 0.815. The van der Waals surface area contributed by atoms with E-state index in [0.717, 1.165) is 18.5 Å². The van der Waals surface area contributed by atoms with Crippen molar-refractivity contribution >= 4 is 28.4 Å². The van der Waals surface area contributed by atoms with Crippen molar-refractivity contribution in [1.29, 1.82) is 0 Å². The van der Waals surface area contributed by atoms with Crippen LogP contribution >= 0.6 is 22.7 Å². The summed E-state index contributed by atoms with van der Waals surface area (Å²) in [6.45, 7) is 0. The third kappa shape index (κ3) is 2.05. The highest BCUT2D eigenvalue weighted by molar-refractivity contribution is 7.12. The monoisotopic (exact) mass is 298 g/mol. The molecule has 2 nitrogen and oxygen atoms in total. The molecule has 0 amide bonds. The quantitative estimate of drug-likeness (QED) is 0.722. The molecule has 4 rings (SSSR count). The van der Waals surface area contributed by atoms with E-state index in [1.54, 1.807) is 0 Å². The van der Waals surface area contributed by atoms with Gasteiger partial charge in [0, 0.05) is 27.4 Å². The van der Waals surface area contributed by atoms with Gasteiger partial charge in [0.25, 0.3) is 0 Å². The fourth-order valence-corrected chi connectivity index (χ4v) is 4.63. The Labute approximate surface area is 125 Å². The molecular formula is C16H14N2S2. The molecule has 0 aliphatic heterocycles. The lowest BCUT2D eigenvalue weighted by atomic mass is 10.0. The Morgan fingerprint density at radius 3 is 2.70 bits per heavy atom. The summed E-state index contributed by atoms with van der Waals surface area (Å²) in [6.07, 6.45) is 3.21. The van der Waals surface area contributed by atoms with Crippen LogP contribution in [-0.2, 0) is 19.3 Å². The number of hydrogen-bond donors (Lipinski definition) is 1. The second kappa shape index (κ2) is 4.72. The van der Waals surface area contributed by atoms with Gasteiger partial charge < -0.3 is 5.73 Å².